The molecule has 0 fully saturated rings. The molecule has 4 aromatic rings. The Kier molecular flexibility index (Phi) is 4.71. The first-order valence-electron chi connectivity index (χ1n) is 8.66. The van der Waals surface area contributed by atoms with Crippen molar-refractivity contribution in [2.45, 2.75) is 12.0 Å². The lowest BCUT2D eigenvalue weighted by Crippen LogP contribution is -2.24. The SMILES string of the molecule is OC(c1ccc(-c2ccccc2)cc1)C(F)(F)c1nc(-c2ccccc2)no1. The van der Waals surface area contributed by atoms with Crippen LogP contribution in [0, 0.1) is 0 Å². The van der Waals surface area contributed by atoms with E-state index in [0.717, 1.165) is 11.1 Å². The smallest absolute Gasteiger partial charge is 0.354 e. The first-order chi connectivity index (χ1) is 13.6. The Labute approximate surface area is 160 Å². The molecule has 4 nitrogen and oxygen atoms in total. The van der Waals surface area contributed by atoms with E-state index in [4.69, 9.17) is 4.52 Å². The summed E-state index contributed by atoms with van der Waals surface area (Å²) in [6.07, 6.45) is -2.11. The zero-order chi connectivity index (χ0) is 19.6. The van der Waals surface area contributed by atoms with Crippen LogP contribution in [0.4, 0.5) is 8.78 Å². The molecule has 140 valence electrons. The van der Waals surface area contributed by atoms with Crippen molar-refractivity contribution >= 4 is 0 Å². The molecule has 0 aliphatic heterocycles. The molecular formula is C22H16F2N2O2. The Hall–Kier alpha value is -3.38. The first kappa shape index (κ1) is 18.0. The van der Waals surface area contributed by atoms with E-state index in [0.29, 0.717) is 5.56 Å². The summed E-state index contributed by atoms with van der Waals surface area (Å²) in [5.41, 5.74) is 2.43. The van der Waals surface area contributed by atoms with Gasteiger partial charge < -0.3 is 9.63 Å². The molecule has 28 heavy (non-hydrogen) atoms. The predicted molar refractivity (Wildman–Crippen MR) is 100 cm³/mol. The molecule has 3 aromatic carbocycles. The van der Waals surface area contributed by atoms with Crippen LogP contribution in [0.2, 0.25) is 0 Å². The fourth-order valence-corrected chi connectivity index (χ4v) is 2.88. The highest BCUT2D eigenvalue weighted by Crippen LogP contribution is 2.40. The second-order valence-corrected chi connectivity index (χ2v) is 6.30. The van der Waals surface area contributed by atoms with Crippen molar-refractivity contribution < 1.29 is 18.4 Å². The monoisotopic (exact) mass is 378 g/mol. The van der Waals surface area contributed by atoms with E-state index >= 15 is 0 Å². The van der Waals surface area contributed by atoms with Gasteiger partial charge in [0.1, 0.15) is 0 Å². The van der Waals surface area contributed by atoms with Gasteiger partial charge in [0.25, 0.3) is 0 Å². The molecule has 0 aliphatic carbocycles. The van der Waals surface area contributed by atoms with Crippen molar-refractivity contribution in [3.8, 4) is 22.5 Å². The molecule has 4 rings (SSSR count). The highest BCUT2D eigenvalue weighted by Gasteiger charge is 2.47. The van der Waals surface area contributed by atoms with E-state index in [2.05, 4.69) is 10.1 Å². The predicted octanol–water partition coefficient (Wildman–Crippen LogP) is 5.23. The molecule has 0 saturated carbocycles. The number of aromatic nitrogens is 2. The van der Waals surface area contributed by atoms with Crippen LogP contribution in [-0.4, -0.2) is 15.2 Å². The van der Waals surface area contributed by atoms with Gasteiger partial charge in [0, 0.05) is 5.56 Å². The van der Waals surface area contributed by atoms with E-state index in [1.807, 2.05) is 30.3 Å². The minimum Gasteiger partial charge on any atom is -0.381 e. The van der Waals surface area contributed by atoms with Crippen molar-refractivity contribution in [3.05, 3.63) is 96.4 Å². The molecule has 1 heterocycles. The van der Waals surface area contributed by atoms with Crippen LogP contribution in [0.25, 0.3) is 22.5 Å². The summed E-state index contributed by atoms with van der Waals surface area (Å²) in [6.45, 7) is 0. The molecule has 1 N–H and O–H groups in total. The Morgan fingerprint density at radius 2 is 1.29 bits per heavy atom. The van der Waals surface area contributed by atoms with E-state index in [-0.39, 0.29) is 11.4 Å². The minimum atomic E-state index is -3.73. The van der Waals surface area contributed by atoms with Crippen LogP contribution < -0.4 is 0 Å². The molecule has 0 radical (unpaired) electrons. The maximum Gasteiger partial charge on any atom is 0.354 e. The maximum atomic E-state index is 14.7. The van der Waals surface area contributed by atoms with Crippen LogP contribution in [-0.2, 0) is 5.92 Å². The highest BCUT2D eigenvalue weighted by molar-refractivity contribution is 5.63. The maximum absolute atomic E-state index is 14.7. The van der Waals surface area contributed by atoms with Crippen molar-refractivity contribution in [3.63, 3.8) is 0 Å². The number of hydrogen-bond acceptors (Lipinski definition) is 4. The van der Waals surface area contributed by atoms with Gasteiger partial charge in [-0.15, -0.1) is 0 Å². The summed E-state index contributed by atoms with van der Waals surface area (Å²) >= 11 is 0. The zero-order valence-electron chi connectivity index (χ0n) is 14.7. The highest BCUT2D eigenvalue weighted by atomic mass is 19.3. The Balaban J connectivity index is 1.58. The molecule has 0 spiro atoms. The molecular weight excluding hydrogens is 362 g/mol. The summed E-state index contributed by atoms with van der Waals surface area (Å²) < 4.78 is 34.2. The molecule has 0 aliphatic rings. The van der Waals surface area contributed by atoms with Gasteiger partial charge in [0.15, 0.2) is 6.10 Å². The number of hydrogen-bond donors (Lipinski definition) is 1. The summed E-state index contributed by atoms with van der Waals surface area (Å²) in [7, 11) is 0. The van der Waals surface area contributed by atoms with Crippen LogP contribution in [0.15, 0.2) is 89.5 Å². The van der Waals surface area contributed by atoms with E-state index in [1.54, 1.807) is 42.5 Å². The van der Waals surface area contributed by atoms with E-state index in [1.165, 1.54) is 12.1 Å². The van der Waals surface area contributed by atoms with Gasteiger partial charge in [0.2, 0.25) is 5.82 Å². The summed E-state index contributed by atoms with van der Waals surface area (Å²) in [6, 6.07) is 24.5. The van der Waals surface area contributed by atoms with Crippen molar-refractivity contribution in [2.24, 2.45) is 0 Å². The molecule has 0 saturated heterocycles. The number of benzene rings is 3. The quantitative estimate of drug-likeness (QED) is 0.517. The Morgan fingerprint density at radius 3 is 1.89 bits per heavy atom. The number of aliphatic hydroxyl groups is 1. The standard InChI is InChI=1S/C22H16F2N2O2/c23-22(24,21-25-20(26-28-21)18-9-5-2-6-10-18)19(27)17-13-11-16(12-14-17)15-7-3-1-4-8-15/h1-14,19,27H. The van der Waals surface area contributed by atoms with Crippen LogP contribution in [0.1, 0.15) is 17.6 Å². The summed E-state index contributed by atoms with van der Waals surface area (Å²) in [5.74, 6) is -4.61. The van der Waals surface area contributed by atoms with E-state index in [9.17, 15) is 13.9 Å². The second kappa shape index (κ2) is 7.32. The lowest BCUT2D eigenvalue weighted by molar-refractivity contribution is -0.136. The first-order valence-corrected chi connectivity index (χ1v) is 8.66. The van der Waals surface area contributed by atoms with Gasteiger partial charge in [-0.25, -0.2) is 0 Å². The number of rotatable bonds is 5. The van der Waals surface area contributed by atoms with Gasteiger partial charge >= 0.3 is 11.8 Å². The van der Waals surface area contributed by atoms with Crippen LogP contribution in [0.5, 0.6) is 0 Å². The van der Waals surface area contributed by atoms with Crippen molar-refractivity contribution in [1.82, 2.24) is 10.1 Å². The lowest BCUT2D eigenvalue weighted by Gasteiger charge is -2.19. The average Bonchev–Trinajstić information content (AvgIpc) is 3.26. The Morgan fingerprint density at radius 1 is 0.750 bits per heavy atom. The topological polar surface area (TPSA) is 59.2 Å². The largest absolute Gasteiger partial charge is 0.381 e. The molecule has 1 unspecified atom stereocenters. The zero-order valence-corrected chi connectivity index (χ0v) is 14.7. The third-order valence-corrected chi connectivity index (χ3v) is 4.42. The third-order valence-electron chi connectivity index (χ3n) is 4.42. The summed E-state index contributed by atoms with van der Waals surface area (Å²) in [4.78, 5) is 3.78. The van der Waals surface area contributed by atoms with Crippen molar-refractivity contribution in [1.29, 1.82) is 0 Å². The average molecular weight is 378 g/mol. The van der Waals surface area contributed by atoms with Gasteiger partial charge in [0.05, 0.1) is 0 Å². The molecule has 0 amide bonds. The molecule has 6 heteroatoms. The van der Waals surface area contributed by atoms with Crippen molar-refractivity contribution in [2.75, 3.05) is 0 Å². The normalized spacial score (nSPS) is 12.7. The van der Waals surface area contributed by atoms with Gasteiger partial charge in [-0.1, -0.05) is 90.1 Å². The van der Waals surface area contributed by atoms with Crippen LogP contribution in [0.3, 0.4) is 0 Å². The molecule has 1 atom stereocenters. The number of aliphatic hydroxyl groups excluding tert-OH is 1. The molecule has 0 bridgehead atoms. The fourth-order valence-electron chi connectivity index (χ4n) is 2.88. The van der Waals surface area contributed by atoms with Gasteiger partial charge in [-0.05, 0) is 16.7 Å². The van der Waals surface area contributed by atoms with Crippen LogP contribution >= 0.6 is 0 Å². The molecule has 1 aromatic heterocycles. The number of alkyl halides is 2. The lowest BCUT2D eigenvalue weighted by atomic mass is 9.99. The third kappa shape index (κ3) is 3.42. The fraction of sp³-hybridized carbons (Fsp3) is 0.0909. The Bertz CT molecular complexity index is 1050. The number of halogens is 2. The van der Waals surface area contributed by atoms with Gasteiger partial charge in [-0.2, -0.15) is 13.8 Å². The summed E-state index contributed by atoms with van der Waals surface area (Å²) in [5, 5.41) is 13.9. The number of nitrogens with zero attached hydrogens (tertiary/aromatic N) is 2. The van der Waals surface area contributed by atoms with Gasteiger partial charge in [-0.3, -0.25) is 0 Å². The second-order valence-electron chi connectivity index (χ2n) is 6.30. The minimum absolute atomic E-state index is 0.0434. The van der Waals surface area contributed by atoms with E-state index < -0.39 is 17.9 Å².